The van der Waals surface area contributed by atoms with Crippen LogP contribution in [0.25, 0.3) is 0 Å². The van der Waals surface area contributed by atoms with E-state index in [4.69, 9.17) is 10.5 Å². The van der Waals surface area contributed by atoms with Crippen molar-refractivity contribution in [1.82, 2.24) is 0 Å². The molecule has 0 amide bonds. The predicted molar refractivity (Wildman–Crippen MR) is 67.6 cm³/mol. The van der Waals surface area contributed by atoms with Crippen LogP contribution in [0.1, 0.15) is 24.8 Å². The number of benzene rings is 1. The number of nitrogen functional groups attached to an aromatic ring is 1. The summed E-state index contributed by atoms with van der Waals surface area (Å²) in [6.45, 7) is 4.59. The maximum atomic E-state index is 5.85. The number of anilines is 1. The third kappa shape index (κ3) is 2.57. The van der Waals surface area contributed by atoms with Gasteiger partial charge in [0.15, 0.2) is 0 Å². The molecule has 0 spiro atoms. The van der Waals surface area contributed by atoms with Gasteiger partial charge in [-0.3, -0.25) is 0 Å². The van der Waals surface area contributed by atoms with Gasteiger partial charge in [-0.2, -0.15) is 0 Å². The Kier molecular flexibility index (Phi) is 3.50. The topological polar surface area (TPSA) is 35.2 Å². The molecule has 0 bridgehead atoms. The summed E-state index contributed by atoms with van der Waals surface area (Å²) in [5.74, 6) is 1.72. The first-order valence-corrected chi connectivity index (χ1v) is 5.91. The van der Waals surface area contributed by atoms with Crippen LogP contribution in [0.3, 0.4) is 0 Å². The first-order chi connectivity index (χ1) is 7.79. The molecule has 2 nitrogen and oxygen atoms in total. The van der Waals surface area contributed by atoms with Crippen molar-refractivity contribution in [2.75, 3.05) is 12.3 Å². The lowest BCUT2D eigenvalue weighted by atomic mass is 9.86. The lowest BCUT2D eigenvalue weighted by Gasteiger charge is -2.25. The van der Waals surface area contributed by atoms with Gasteiger partial charge in [-0.05, 0) is 48.9 Å². The molecule has 0 unspecified atom stereocenters. The monoisotopic (exact) mass is 217 g/mol. The number of ether oxygens (including phenoxy) is 1. The second kappa shape index (κ2) is 5.06. The van der Waals surface area contributed by atoms with E-state index in [1.807, 2.05) is 24.3 Å². The summed E-state index contributed by atoms with van der Waals surface area (Å²) < 4.78 is 5.85. The quantitative estimate of drug-likeness (QED) is 0.607. The minimum Gasteiger partial charge on any atom is -0.493 e. The largest absolute Gasteiger partial charge is 0.493 e. The summed E-state index contributed by atoms with van der Waals surface area (Å²) in [6, 6.07) is 5.83. The summed E-state index contributed by atoms with van der Waals surface area (Å²) >= 11 is 0. The molecule has 0 aliphatic heterocycles. The van der Waals surface area contributed by atoms with E-state index >= 15 is 0 Å². The second-order valence-corrected chi connectivity index (χ2v) is 4.47. The summed E-state index contributed by atoms with van der Waals surface area (Å²) in [5, 5.41) is 0. The van der Waals surface area contributed by atoms with Gasteiger partial charge in [-0.25, -0.2) is 0 Å². The van der Waals surface area contributed by atoms with Crippen LogP contribution in [0.2, 0.25) is 0 Å². The molecule has 2 heteroatoms. The smallest absolute Gasteiger partial charge is 0.122 e. The second-order valence-electron chi connectivity index (χ2n) is 4.47. The van der Waals surface area contributed by atoms with Crippen LogP contribution in [-0.2, 0) is 6.42 Å². The number of allylic oxidation sites excluding steroid dienone is 1. The molecule has 0 heterocycles. The van der Waals surface area contributed by atoms with Crippen molar-refractivity contribution in [2.45, 2.75) is 25.7 Å². The number of hydrogen-bond acceptors (Lipinski definition) is 2. The standard InChI is InChI=1S/C14H19NO/c1-2-4-12-9-13(15)7-8-14(12)16-10-11-5-3-6-11/h2,7-9,11H,1,3-6,10,15H2. The number of hydrogen-bond donors (Lipinski definition) is 1. The van der Waals surface area contributed by atoms with Crippen LogP contribution in [0.15, 0.2) is 30.9 Å². The Balaban J connectivity index is 2.02. The van der Waals surface area contributed by atoms with Crippen LogP contribution in [0.5, 0.6) is 5.75 Å². The highest BCUT2D eigenvalue weighted by Crippen LogP contribution is 2.29. The Morgan fingerprint density at radius 2 is 2.25 bits per heavy atom. The predicted octanol–water partition coefficient (Wildman–Crippen LogP) is 3.18. The van der Waals surface area contributed by atoms with Crippen molar-refractivity contribution < 1.29 is 4.74 Å². The fraction of sp³-hybridized carbons (Fsp3) is 0.429. The zero-order valence-corrected chi connectivity index (χ0v) is 9.61. The van der Waals surface area contributed by atoms with Gasteiger partial charge >= 0.3 is 0 Å². The van der Waals surface area contributed by atoms with Crippen LogP contribution < -0.4 is 10.5 Å². The van der Waals surface area contributed by atoms with Crippen molar-refractivity contribution in [1.29, 1.82) is 0 Å². The van der Waals surface area contributed by atoms with Crippen molar-refractivity contribution in [3.8, 4) is 5.75 Å². The normalized spacial score (nSPS) is 15.5. The average molecular weight is 217 g/mol. The molecule has 1 aliphatic rings. The van der Waals surface area contributed by atoms with Crippen molar-refractivity contribution in [3.05, 3.63) is 36.4 Å². The Labute approximate surface area is 97.1 Å². The fourth-order valence-corrected chi connectivity index (χ4v) is 1.92. The van der Waals surface area contributed by atoms with Crippen LogP contribution in [0.4, 0.5) is 5.69 Å². The molecular weight excluding hydrogens is 198 g/mol. The molecule has 0 radical (unpaired) electrons. The van der Waals surface area contributed by atoms with Gasteiger partial charge in [0, 0.05) is 5.69 Å². The minimum atomic E-state index is 0.758. The van der Waals surface area contributed by atoms with Crippen molar-refractivity contribution in [2.24, 2.45) is 5.92 Å². The molecule has 16 heavy (non-hydrogen) atoms. The number of nitrogens with two attached hydrogens (primary N) is 1. The van der Waals surface area contributed by atoms with E-state index in [1.165, 1.54) is 19.3 Å². The maximum Gasteiger partial charge on any atom is 0.122 e. The highest BCUT2D eigenvalue weighted by Gasteiger charge is 2.18. The van der Waals surface area contributed by atoms with E-state index in [-0.39, 0.29) is 0 Å². The van der Waals surface area contributed by atoms with E-state index in [1.54, 1.807) is 0 Å². The van der Waals surface area contributed by atoms with E-state index in [2.05, 4.69) is 6.58 Å². The molecular formula is C14H19NO. The van der Waals surface area contributed by atoms with E-state index in [0.29, 0.717) is 0 Å². The van der Waals surface area contributed by atoms with Gasteiger partial charge in [-0.15, -0.1) is 6.58 Å². The molecule has 86 valence electrons. The molecule has 0 aromatic heterocycles. The van der Waals surface area contributed by atoms with Gasteiger partial charge in [-0.1, -0.05) is 12.5 Å². The van der Waals surface area contributed by atoms with Crippen LogP contribution in [0, 0.1) is 5.92 Å². The van der Waals surface area contributed by atoms with Gasteiger partial charge in [0.25, 0.3) is 0 Å². The van der Waals surface area contributed by atoms with E-state index in [9.17, 15) is 0 Å². The van der Waals surface area contributed by atoms with Crippen molar-refractivity contribution >= 4 is 5.69 Å². The number of rotatable bonds is 5. The van der Waals surface area contributed by atoms with Gasteiger partial charge in [0.05, 0.1) is 6.61 Å². The van der Waals surface area contributed by atoms with Gasteiger partial charge < -0.3 is 10.5 Å². The van der Waals surface area contributed by atoms with E-state index in [0.717, 1.165) is 35.9 Å². The lowest BCUT2D eigenvalue weighted by Crippen LogP contribution is -2.19. The van der Waals surface area contributed by atoms with Gasteiger partial charge in [0.2, 0.25) is 0 Å². The molecule has 0 saturated heterocycles. The molecule has 1 aromatic carbocycles. The van der Waals surface area contributed by atoms with Crippen molar-refractivity contribution in [3.63, 3.8) is 0 Å². The average Bonchev–Trinajstić information content (AvgIpc) is 2.19. The zero-order chi connectivity index (χ0) is 11.4. The van der Waals surface area contributed by atoms with Crippen LogP contribution >= 0.6 is 0 Å². The highest BCUT2D eigenvalue weighted by atomic mass is 16.5. The molecule has 2 N–H and O–H groups in total. The third-order valence-corrected chi connectivity index (χ3v) is 3.15. The zero-order valence-electron chi connectivity index (χ0n) is 9.61. The summed E-state index contributed by atoms with van der Waals surface area (Å²) in [5.41, 5.74) is 7.68. The summed E-state index contributed by atoms with van der Waals surface area (Å²) in [6.07, 6.45) is 6.67. The Morgan fingerprint density at radius 3 is 2.88 bits per heavy atom. The molecule has 1 fully saturated rings. The molecule has 1 aliphatic carbocycles. The summed E-state index contributed by atoms with van der Waals surface area (Å²) in [4.78, 5) is 0. The summed E-state index contributed by atoms with van der Waals surface area (Å²) in [7, 11) is 0. The molecule has 0 atom stereocenters. The maximum absolute atomic E-state index is 5.85. The Hall–Kier alpha value is -1.44. The fourth-order valence-electron chi connectivity index (χ4n) is 1.92. The first kappa shape index (κ1) is 11.1. The molecule has 1 saturated carbocycles. The SMILES string of the molecule is C=CCc1cc(N)ccc1OCC1CCC1. The Bertz CT molecular complexity index is 369. The minimum absolute atomic E-state index is 0.758. The Morgan fingerprint density at radius 1 is 1.44 bits per heavy atom. The van der Waals surface area contributed by atoms with Gasteiger partial charge in [0.1, 0.15) is 5.75 Å². The lowest BCUT2D eigenvalue weighted by molar-refractivity contribution is 0.179. The van der Waals surface area contributed by atoms with Crippen LogP contribution in [-0.4, -0.2) is 6.61 Å². The van der Waals surface area contributed by atoms with E-state index < -0.39 is 0 Å². The first-order valence-electron chi connectivity index (χ1n) is 5.91. The molecule has 2 rings (SSSR count). The third-order valence-electron chi connectivity index (χ3n) is 3.15. The highest BCUT2D eigenvalue weighted by molar-refractivity contribution is 5.48. The molecule has 1 aromatic rings.